The van der Waals surface area contributed by atoms with Crippen molar-refractivity contribution in [2.75, 3.05) is 6.61 Å². The first-order valence-electron chi connectivity index (χ1n) is 5.22. The van der Waals surface area contributed by atoms with E-state index in [0.29, 0.717) is 12.2 Å². The number of hydrogen-bond donors (Lipinski definition) is 2. The van der Waals surface area contributed by atoms with Crippen LogP contribution in [0, 0.1) is 0 Å². The maximum atomic E-state index is 9.56. The summed E-state index contributed by atoms with van der Waals surface area (Å²) in [4.78, 5) is 0. The van der Waals surface area contributed by atoms with Crippen LogP contribution in [0.3, 0.4) is 0 Å². The van der Waals surface area contributed by atoms with E-state index in [1.807, 2.05) is 19.1 Å². The second kappa shape index (κ2) is 5.73. The lowest BCUT2D eigenvalue weighted by molar-refractivity contribution is 0.122. The molecule has 0 bridgehead atoms. The molecule has 0 fully saturated rings. The fraction of sp³-hybridized carbons (Fsp3) is 0.500. The van der Waals surface area contributed by atoms with E-state index in [0.717, 1.165) is 5.56 Å². The third-order valence-corrected chi connectivity index (χ3v) is 2.14. The molecule has 0 spiro atoms. The van der Waals surface area contributed by atoms with Crippen LogP contribution in [0.15, 0.2) is 24.3 Å². The summed E-state index contributed by atoms with van der Waals surface area (Å²) in [5.74, 6) is 0.711. The standard InChI is InChI=1S/C12H18O3/c1-3-12(14)10-4-6-11(7-5-10)15-8-9(2)13/h4-7,9,12-14H,3,8H2,1-2H3/t9?,12-/m0/s1. The minimum atomic E-state index is -0.467. The van der Waals surface area contributed by atoms with Crippen molar-refractivity contribution in [2.24, 2.45) is 0 Å². The number of rotatable bonds is 5. The number of ether oxygens (including phenoxy) is 1. The molecule has 3 nitrogen and oxygen atoms in total. The molecule has 0 aliphatic rings. The van der Waals surface area contributed by atoms with Crippen LogP contribution >= 0.6 is 0 Å². The van der Waals surface area contributed by atoms with E-state index in [1.165, 1.54) is 0 Å². The van der Waals surface area contributed by atoms with Crippen molar-refractivity contribution >= 4 is 0 Å². The van der Waals surface area contributed by atoms with E-state index in [-0.39, 0.29) is 6.61 Å². The van der Waals surface area contributed by atoms with Gasteiger partial charge in [-0.1, -0.05) is 19.1 Å². The van der Waals surface area contributed by atoms with Crippen LogP contribution in [0.1, 0.15) is 31.9 Å². The normalized spacial score (nSPS) is 14.7. The summed E-state index contributed by atoms with van der Waals surface area (Å²) >= 11 is 0. The van der Waals surface area contributed by atoms with Crippen molar-refractivity contribution in [1.29, 1.82) is 0 Å². The smallest absolute Gasteiger partial charge is 0.119 e. The summed E-state index contributed by atoms with van der Waals surface area (Å²) in [6.45, 7) is 3.90. The molecular weight excluding hydrogens is 192 g/mol. The van der Waals surface area contributed by atoms with Gasteiger partial charge in [0.2, 0.25) is 0 Å². The van der Waals surface area contributed by atoms with Gasteiger partial charge in [-0.2, -0.15) is 0 Å². The minimum absolute atomic E-state index is 0.287. The average molecular weight is 210 g/mol. The molecule has 1 unspecified atom stereocenters. The largest absolute Gasteiger partial charge is 0.491 e. The van der Waals surface area contributed by atoms with Crippen LogP contribution in [-0.4, -0.2) is 22.9 Å². The van der Waals surface area contributed by atoms with Crippen molar-refractivity contribution < 1.29 is 14.9 Å². The quantitative estimate of drug-likeness (QED) is 0.780. The van der Waals surface area contributed by atoms with Gasteiger partial charge in [0, 0.05) is 0 Å². The highest BCUT2D eigenvalue weighted by molar-refractivity contribution is 5.28. The molecule has 0 saturated heterocycles. The zero-order valence-corrected chi connectivity index (χ0v) is 9.18. The third-order valence-electron chi connectivity index (χ3n) is 2.14. The summed E-state index contributed by atoms with van der Waals surface area (Å²) in [5.41, 5.74) is 0.891. The molecule has 0 aromatic heterocycles. The van der Waals surface area contributed by atoms with Crippen LogP contribution in [0.25, 0.3) is 0 Å². The lowest BCUT2D eigenvalue weighted by Gasteiger charge is -2.10. The minimum Gasteiger partial charge on any atom is -0.491 e. The Morgan fingerprint density at radius 3 is 2.27 bits per heavy atom. The van der Waals surface area contributed by atoms with Gasteiger partial charge in [-0.15, -0.1) is 0 Å². The average Bonchev–Trinajstić information content (AvgIpc) is 2.26. The van der Waals surface area contributed by atoms with E-state index in [2.05, 4.69) is 0 Å². The summed E-state index contributed by atoms with van der Waals surface area (Å²) in [6.07, 6.45) is -0.171. The molecule has 1 rings (SSSR count). The maximum absolute atomic E-state index is 9.56. The first kappa shape index (κ1) is 12.0. The molecule has 0 heterocycles. The Hall–Kier alpha value is -1.06. The third kappa shape index (κ3) is 3.90. The van der Waals surface area contributed by atoms with Gasteiger partial charge in [-0.05, 0) is 31.0 Å². The summed E-state index contributed by atoms with van der Waals surface area (Å²) in [5, 5.41) is 18.6. The number of aliphatic hydroxyl groups is 2. The number of hydrogen-bond acceptors (Lipinski definition) is 3. The molecular formula is C12H18O3. The molecule has 0 saturated carbocycles. The van der Waals surface area contributed by atoms with Crippen molar-refractivity contribution in [3.63, 3.8) is 0 Å². The van der Waals surface area contributed by atoms with Gasteiger partial charge >= 0.3 is 0 Å². The molecule has 15 heavy (non-hydrogen) atoms. The molecule has 0 aliphatic heterocycles. The van der Waals surface area contributed by atoms with Gasteiger partial charge in [0.25, 0.3) is 0 Å². The summed E-state index contributed by atoms with van der Waals surface area (Å²) < 4.78 is 5.30. The summed E-state index contributed by atoms with van der Waals surface area (Å²) in [6, 6.07) is 7.28. The molecule has 0 radical (unpaired) electrons. The topological polar surface area (TPSA) is 49.7 Å². The van der Waals surface area contributed by atoms with Crippen LogP contribution < -0.4 is 4.74 Å². The van der Waals surface area contributed by atoms with Crippen LogP contribution in [0.5, 0.6) is 5.75 Å². The Balaban J connectivity index is 2.56. The first-order valence-corrected chi connectivity index (χ1v) is 5.22. The molecule has 84 valence electrons. The predicted octanol–water partition coefficient (Wildman–Crippen LogP) is 1.89. The van der Waals surface area contributed by atoms with Crippen LogP contribution in [0.4, 0.5) is 0 Å². The Labute approximate surface area is 90.3 Å². The van der Waals surface area contributed by atoms with Gasteiger partial charge in [0.05, 0.1) is 12.2 Å². The highest BCUT2D eigenvalue weighted by Gasteiger charge is 2.04. The predicted molar refractivity (Wildman–Crippen MR) is 58.9 cm³/mol. The van der Waals surface area contributed by atoms with Crippen molar-refractivity contribution in [3.05, 3.63) is 29.8 Å². The van der Waals surface area contributed by atoms with Gasteiger partial charge in [0.15, 0.2) is 0 Å². The van der Waals surface area contributed by atoms with Crippen LogP contribution in [0.2, 0.25) is 0 Å². The molecule has 3 heteroatoms. The SMILES string of the molecule is CC[C@H](O)c1ccc(OCC(C)O)cc1. The molecule has 2 N–H and O–H groups in total. The maximum Gasteiger partial charge on any atom is 0.119 e. The Morgan fingerprint density at radius 1 is 1.20 bits per heavy atom. The number of benzene rings is 1. The second-order valence-corrected chi connectivity index (χ2v) is 3.65. The lowest BCUT2D eigenvalue weighted by Crippen LogP contribution is -2.12. The van der Waals surface area contributed by atoms with Gasteiger partial charge in [-0.25, -0.2) is 0 Å². The van der Waals surface area contributed by atoms with Crippen molar-refractivity contribution in [2.45, 2.75) is 32.5 Å². The Kier molecular flexibility index (Phi) is 4.59. The van der Waals surface area contributed by atoms with Crippen molar-refractivity contribution in [1.82, 2.24) is 0 Å². The Morgan fingerprint density at radius 2 is 1.80 bits per heavy atom. The highest BCUT2D eigenvalue weighted by atomic mass is 16.5. The van der Waals surface area contributed by atoms with Gasteiger partial charge in [-0.3, -0.25) is 0 Å². The van der Waals surface area contributed by atoms with Gasteiger partial charge < -0.3 is 14.9 Å². The second-order valence-electron chi connectivity index (χ2n) is 3.65. The fourth-order valence-electron chi connectivity index (χ4n) is 1.24. The summed E-state index contributed by atoms with van der Waals surface area (Å²) in [7, 11) is 0. The van der Waals surface area contributed by atoms with E-state index in [4.69, 9.17) is 9.84 Å². The molecule has 1 aromatic rings. The molecule has 0 amide bonds. The molecule has 0 aliphatic carbocycles. The van der Waals surface area contributed by atoms with Crippen LogP contribution in [-0.2, 0) is 0 Å². The van der Waals surface area contributed by atoms with E-state index >= 15 is 0 Å². The fourth-order valence-corrected chi connectivity index (χ4v) is 1.24. The zero-order valence-electron chi connectivity index (χ0n) is 9.18. The monoisotopic (exact) mass is 210 g/mol. The number of aliphatic hydroxyl groups excluding tert-OH is 2. The van der Waals surface area contributed by atoms with Gasteiger partial charge in [0.1, 0.15) is 12.4 Å². The van der Waals surface area contributed by atoms with E-state index < -0.39 is 12.2 Å². The molecule has 2 atom stereocenters. The Bertz CT molecular complexity index is 279. The first-order chi connectivity index (χ1) is 7.13. The zero-order chi connectivity index (χ0) is 11.3. The molecule has 1 aromatic carbocycles. The van der Waals surface area contributed by atoms with Crippen molar-refractivity contribution in [3.8, 4) is 5.75 Å². The van der Waals surface area contributed by atoms with E-state index in [9.17, 15) is 5.11 Å². The highest BCUT2D eigenvalue weighted by Crippen LogP contribution is 2.19. The van der Waals surface area contributed by atoms with E-state index in [1.54, 1.807) is 19.1 Å². The lowest BCUT2D eigenvalue weighted by atomic mass is 10.1.